The number of rotatable bonds is 4. The highest BCUT2D eigenvalue weighted by Crippen LogP contribution is 2.26. The fraction of sp³-hybridized carbons (Fsp3) is 0.364. The molecule has 88 valence electrons. The number of benzene rings is 1. The van der Waals surface area contributed by atoms with E-state index in [9.17, 15) is 4.79 Å². The van der Waals surface area contributed by atoms with Crippen molar-refractivity contribution in [2.24, 2.45) is 0 Å². The molecule has 0 aliphatic heterocycles. The molecule has 4 nitrogen and oxygen atoms in total. The summed E-state index contributed by atoms with van der Waals surface area (Å²) < 4.78 is 11.0. The molecule has 1 aromatic rings. The van der Waals surface area contributed by atoms with Crippen molar-refractivity contribution in [3.8, 4) is 5.75 Å². The monoisotopic (exact) mass is 287 g/mol. The van der Waals surface area contributed by atoms with Gasteiger partial charge in [0.2, 0.25) is 0 Å². The molecule has 1 aromatic carbocycles. The maximum absolute atomic E-state index is 11.2. The summed E-state index contributed by atoms with van der Waals surface area (Å²) in [5.41, 5.74) is 6.18. The first-order chi connectivity index (χ1) is 7.49. The van der Waals surface area contributed by atoms with Crippen LogP contribution in [0.5, 0.6) is 5.75 Å². The van der Waals surface area contributed by atoms with Crippen LogP contribution in [0.25, 0.3) is 0 Å². The van der Waals surface area contributed by atoms with Crippen LogP contribution in [-0.2, 0) is 9.53 Å². The molecule has 0 saturated carbocycles. The third-order valence-electron chi connectivity index (χ3n) is 1.67. The Balaban J connectivity index is 2.54. The van der Waals surface area contributed by atoms with Gasteiger partial charge in [-0.2, -0.15) is 0 Å². The van der Waals surface area contributed by atoms with Crippen molar-refractivity contribution < 1.29 is 14.3 Å². The fourth-order valence-electron chi connectivity index (χ4n) is 1.06. The molecule has 0 aliphatic carbocycles. The second-order valence-corrected chi connectivity index (χ2v) is 4.37. The van der Waals surface area contributed by atoms with Crippen LogP contribution >= 0.6 is 15.9 Å². The van der Waals surface area contributed by atoms with E-state index in [2.05, 4.69) is 15.9 Å². The predicted molar refractivity (Wildman–Crippen MR) is 65.3 cm³/mol. The fourth-order valence-corrected chi connectivity index (χ4v) is 1.43. The minimum atomic E-state index is -0.399. The molecular weight excluding hydrogens is 274 g/mol. The van der Waals surface area contributed by atoms with Crippen LogP contribution in [0.3, 0.4) is 0 Å². The molecule has 5 heteroatoms. The van der Waals surface area contributed by atoms with Crippen molar-refractivity contribution in [1.82, 2.24) is 0 Å². The summed E-state index contributed by atoms with van der Waals surface area (Å²) in [5, 5.41) is 0. The van der Waals surface area contributed by atoms with Crippen LogP contribution < -0.4 is 10.5 Å². The average Bonchev–Trinajstić information content (AvgIpc) is 2.18. The van der Waals surface area contributed by atoms with Crippen molar-refractivity contribution in [3.63, 3.8) is 0 Å². The van der Waals surface area contributed by atoms with E-state index in [4.69, 9.17) is 15.2 Å². The summed E-state index contributed by atoms with van der Waals surface area (Å²) in [6, 6.07) is 5.15. The van der Waals surface area contributed by atoms with Gasteiger partial charge < -0.3 is 15.2 Å². The van der Waals surface area contributed by atoms with E-state index in [1.165, 1.54) is 0 Å². The van der Waals surface area contributed by atoms with Gasteiger partial charge in [0.25, 0.3) is 0 Å². The van der Waals surface area contributed by atoms with Crippen LogP contribution in [0.4, 0.5) is 5.69 Å². The quantitative estimate of drug-likeness (QED) is 0.682. The Kier molecular flexibility index (Phi) is 4.61. The van der Waals surface area contributed by atoms with Crippen molar-refractivity contribution in [2.45, 2.75) is 20.0 Å². The lowest BCUT2D eigenvalue weighted by Crippen LogP contribution is -2.18. The molecule has 0 radical (unpaired) electrons. The van der Waals surface area contributed by atoms with Crippen molar-refractivity contribution in [3.05, 3.63) is 22.7 Å². The summed E-state index contributed by atoms with van der Waals surface area (Å²) in [6.07, 6.45) is -0.139. The van der Waals surface area contributed by atoms with Gasteiger partial charge in [-0.05, 0) is 41.9 Å². The Morgan fingerprint density at radius 2 is 2.19 bits per heavy atom. The van der Waals surface area contributed by atoms with E-state index < -0.39 is 5.97 Å². The molecule has 0 spiro atoms. The van der Waals surface area contributed by atoms with Gasteiger partial charge in [-0.15, -0.1) is 0 Å². The molecule has 0 atom stereocenters. The molecule has 0 bridgehead atoms. The van der Waals surface area contributed by atoms with Gasteiger partial charge in [-0.3, -0.25) is 0 Å². The average molecular weight is 288 g/mol. The van der Waals surface area contributed by atoms with E-state index in [1.54, 1.807) is 32.0 Å². The van der Waals surface area contributed by atoms with E-state index in [0.29, 0.717) is 11.4 Å². The number of anilines is 1. The molecule has 2 N–H and O–H groups in total. The molecule has 0 heterocycles. The zero-order valence-electron chi connectivity index (χ0n) is 9.20. The van der Waals surface area contributed by atoms with Crippen LogP contribution in [0.1, 0.15) is 13.8 Å². The zero-order valence-corrected chi connectivity index (χ0v) is 10.8. The topological polar surface area (TPSA) is 61.5 Å². The van der Waals surface area contributed by atoms with E-state index in [-0.39, 0.29) is 12.7 Å². The van der Waals surface area contributed by atoms with Crippen LogP contribution in [0.15, 0.2) is 22.7 Å². The van der Waals surface area contributed by atoms with Crippen LogP contribution in [-0.4, -0.2) is 18.7 Å². The molecule has 0 amide bonds. The second-order valence-electron chi connectivity index (χ2n) is 3.52. The predicted octanol–water partition coefficient (Wildman–Crippen LogP) is 2.36. The first-order valence-electron chi connectivity index (χ1n) is 4.86. The lowest BCUT2D eigenvalue weighted by Gasteiger charge is -2.10. The molecule has 0 aromatic heterocycles. The minimum absolute atomic E-state index is 0.125. The summed E-state index contributed by atoms with van der Waals surface area (Å²) in [6.45, 7) is 3.45. The Labute approximate surface area is 103 Å². The van der Waals surface area contributed by atoms with Gasteiger partial charge in [0.05, 0.1) is 10.6 Å². The summed E-state index contributed by atoms with van der Waals surface area (Å²) in [7, 11) is 0. The number of nitrogen functional groups attached to an aromatic ring is 1. The lowest BCUT2D eigenvalue weighted by molar-refractivity contribution is -0.149. The number of ether oxygens (including phenoxy) is 2. The molecule has 0 unspecified atom stereocenters. The number of carbonyl (C=O) groups excluding carboxylic acids is 1. The third kappa shape index (κ3) is 4.10. The second kappa shape index (κ2) is 5.75. The highest BCUT2D eigenvalue weighted by atomic mass is 79.9. The van der Waals surface area contributed by atoms with Crippen molar-refractivity contribution in [1.29, 1.82) is 0 Å². The summed E-state index contributed by atoms with van der Waals surface area (Å²) in [4.78, 5) is 11.2. The number of hydrogen-bond acceptors (Lipinski definition) is 4. The number of carbonyl (C=O) groups is 1. The standard InChI is InChI=1S/C11H14BrNO3/c1-7(2)16-11(14)6-15-10-5-8(13)3-4-9(10)12/h3-5,7H,6,13H2,1-2H3. The Bertz CT molecular complexity index is 379. The number of nitrogens with two attached hydrogens (primary N) is 1. The van der Waals surface area contributed by atoms with Gasteiger partial charge >= 0.3 is 5.97 Å². The Morgan fingerprint density at radius 1 is 1.50 bits per heavy atom. The molecule has 0 fully saturated rings. The minimum Gasteiger partial charge on any atom is -0.481 e. The first kappa shape index (κ1) is 12.8. The van der Waals surface area contributed by atoms with Gasteiger partial charge in [-0.1, -0.05) is 0 Å². The van der Waals surface area contributed by atoms with Gasteiger partial charge in [0.1, 0.15) is 5.75 Å². The molecule has 16 heavy (non-hydrogen) atoms. The maximum Gasteiger partial charge on any atom is 0.344 e. The zero-order chi connectivity index (χ0) is 12.1. The molecular formula is C11H14BrNO3. The SMILES string of the molecule is CC(C)OC(=O)COc1cc(N)ccc1Br. The molecule has 1 rings (SSSR count). The van der Waals surface area contributed by atoms with E-state index in [0.717, 1.165) is 4.47 Å². The third-order valence-corrected chi connectivity index (χ3v) is 2.32. The summed E-state index contributed by atoms with van der Waals surface area (Å²) >= 11 is 3.30. The normalized spacial score (nSPS) is 10.2. The largest absolute Gasteiger partial charge is 0.481 e. The van der Waals surface area contributed by atoms with E-state index in [1.807, 2.05) is 0 Å². The van der Waals surface area contributed by atoms with Crippen LogP contribution in [0, 0.1) is 0 Å². The number of hydrogen-bond donors (Lipinski definition) is 1. The number of halogens is 1. The van der Waals surface area contributed by atoms with Crippen molar-refractivity contribution in [2.75, 3.05) is 12.3 Å². The van der Waals surface area contributed by atoms with Gasteiger partial charge in [0.15, 0.2) is 6.61 Å². The lowest BCUT2D eigenvalue weighted by atomic mass is 10.3. The Hall–Kier alpha value is -1.23. The maximum atomic E-state index is 11.2. The smallest absolute Gasteiger partial charge is 0.344 e. The Morgan fingerprint density at radius 3 is 2.81 bits per heavy atom. The highest BCUT2D eigenvalue weighted by Gasteiger charge is 2.08. The summed E-state index contributed by atoms with van der Waals surface area (Å²) in [5.74, 6) is 0.130. The molecule has 0 aliphatic rings. The van der Waals surface area contributed by atoms with Crippen LogP contribution in [0.2, 0.25) is 0 Å². The first-order valence-corrected chi connectivity index (χ1v) is 5.65. The molecule has 0 saturated heterocycles. The van der Waals surface area contributed by atoms with Gasteiger partial charge in [-0.25, -0.2) is 4.79 Å². The highest BCUT2D eigenvalue weighted by molar-refractivity contribution is 9.10. The van der Waals surface area contributed by atoms with E-state index >= 15 is 0 Å². The van der Waals surface area contributed by atoms with Crippen molar-refractivity contribution >= 4 is 27.6 Å². The number of esters is 1. The van der Waals surface area contributed by atoms with Gasteiger partial charge in [0, 0.05) is 11.8 Å².